The predicted molar refractivity (Wildman–Crippen MR) is 73.6 cm³/mol. The van der Waals surface area contributed by atoms with Crippen LogP contribution in [-0.2, 0) is 6.42 Å². The Bertz CT molecular complexity index is 729. The molecule has 0 radical (unpaired) electrons. The van der Waals surface area contributed by atoms with Gasteiger partial charge in [-0.15, -0.1) is 0 Å². The summed E-state index contributed by atoms with van der Waals surface area (Å²) in [6, 6.07) is 7.25. The number of rotatable bonds is 3. The molecule has 1 heterocycles. The minimum atomic E-state index is -1.28. The lowest BCUT2D eigenvalue weighted by molar-refractivity contribution is 0.0694. The molecule has 0 saturated carbocycles. The molecule has 0 fully saturated rings. The van der Waals surface area contributed by atoms with Crippen molar-refractivity contribution >= 4 is 18.2 Å². The Hall–Kier alpha value is -2.21. The van der Waals surface area contributed by atoms with Gasteiger partial charge in [0.15, 0.2) is 4.77 Å². The summed E-state index contributed by atoms with van der Waals surface area (Å²) in [5.41, 5.74) is 0.696. The van der Waals surface area contributed by atoms with Gasteiger partial charge in [0.05, 0.1) is 5.69 Å². The number of H-pyrrole nitrogens is 1. The smallest absolute Gasteiger partial charge is 0.342 e. The van der Waals surface area contributed by atoms with E-state index in [-0.39, 0.29) is 10.3 Å². The fourth-order valence-corrected chi connectivity index (χ4v) is 1.99. The van der Waals surface area contributed by atoms with Crippen LogP contribution in [0.3, 0.4) is 0 Å². The highest BCUT2D eigenvalue weighted by molar-refractivity contribution is 7.71. The van der Waals surface area contributed by atoms with Crippen molar-refractivity contribution in [1.82, 2.24) is 9.55 Å². The van der Waals surface area contributed by atoms with Crippen molar-refractivity contribution in [1.29, 1.82) is 0 Å². The maximum absolute atomic E-state index is 12.1. The maximum Gasteiger partial charge on any atom is 0.342 e. The molecule has 2 N–H and O–H groups in total. The van der Waals surface area contributed by atoms with E-state index in [2.05, 4.69) is 4.98 Å². The molecule has 0 aliphatic carbocycles. The predicted octanol–water partition coefficient (Wildman–Crippen LogP) is 2.16. The quantitative estimate of drug-likeness (QED) is 0.842. The molecular weight excluding hydrogens is 264 g/mol. The van der Waals surface area contributed by atoms with Crippen molar-refractivity contribution in [2.75, 3.05) is 0 Å². The first-order chi connectivity index (χ1) is 9.04. The Morgan fingerprint density at radius 1 is 1.37 bits per heavy atom. The number of hydrogen-bond acceptors (Lipinski definition) is 3. The van der Waals surface area contributed by atoms with Crippen molar-refractivity contribution < 1.29 is 9.90 Å². The van der Waals surface area contributed by atoms with Gasteiger partial charge >= 0.3 is 5.97 Å². The Balaban J connectivity index is 2.67. The third-order valence-electron chi connectivity index (χ3n) is 2.81. The summed E-state index contributed by atoms with van der Waals surface area (Å²) >= 11 is 5.04. The number of carboxylic acids is 1. The number of nitrogens with one attached hydrogen (secondary N) is 1. The molecule has 5 nitrogen and oxygen atoms in total. The van der Waals surface area contributed by atoms with Gasteiger partial charge in [0.25, 0.3) is 5.56 Å². The molecule has 2 aromatic rings. The summed E-state index contributed by atoms with van der Waals surface area (Å²) in [5, 5.41) is 8.94. The largest absolute Gasteiger partial charge is 0.477 e. The number of aromatic carboxylic acids is 1. The van der Waals surface area contributed by atoms with E-state index in [9.17, 15) is 9.59 Å². The number of carbonyl (C=O) groups is 1. The van der Waals surface area contributed by atoms with Gasteiger partial charge < -0.3 is 10.1 Å². The number of aryl methyl sites for hydroxylation is 1. The van der Waals surface area contributed by atoms with E-state index in [1.165, 1.54) is 4.57 Å². The first-order valence-electron chi connectivity index (χ1n) is 5.72. The Morgan fingerprint density at radius 2 is 2.00 bits per heavy atom. The Kier molecular flexibility index (Phi) is 3.62. The van der Waals surface area contributed by atoms with Crippen LogP contribution in [0.2, 0.25) is 0 Å². The lowest BCUT2D eigenvalue weighted by Gasteiger charge is -2.07. The molecule has 0 spiro atoms. The number of aromatic nitrogens is 2. The van der Waals surface area contributed by atoms with Gasteiger partial charge in [0.1, 0.15) is 5.56 Å². The molecule has 2 rings (SSSR count). The number of benzene rings is 1. The monoisotopic (exact) mass is 276 g/mol. The van der Waals surface area contributed by atoms with Gasteiger partial charge in [-0.1, -0.05) is 19.1 Å². The van der Waals surface area contributed by atoms with E-state index in [1.807, 2.05) is 19.1 Å². The van der Waals surface area contributed by atoms with Crippen LogP contribution in [0.15, 0.2) is 35.3 Å². The van der Waals surface area contributed by atoms with E-state index in [1.54, 1.807) is 12.1 Å². The molecule has 0 bridgehead atoms. The molecule has 0 aliphatic heterocycles. The maximum atomic E-state index is 12.1. The van der Waals surface area contributed by atoms with E-state index < -0.39 is 11.5 Å². The summed E-state index contributed by atoms with van der Waals surface area (Å²) in [7, 11) is 0. The second-order valence-electron chi connectivity index (χ2n) is 3.97. The summed E-state index contributed by atoms with van der Waals surface area (Å²) in [5.74, 6) is -1.28. The molecule has 0 atom stereocenters. The second-order valence-corrected chi connectivity index (χ2v) is 4.36. The third kappa shape index (κ3) is 2.48. The fraction of sp³-hybridized carbons (Fsp3) is 0.154. The van der Waals surface area contributed by atoms with Gasteiger partial charge in [0.2, 0.25) is 0 Å². The van der Waals surface area contributed by atoms with Crippen molar-refractivity contribution in [3.8, 4) is 5.69 Å². The van der Waals surface area contributed by atoms with Crippen LogP contribution in [0.1, 0.15) is 22.8 Å². The molecule has 6 heteroatoms. The van der Waals surface area contributed by atoms with Crippen molar-refractivity contribution in [3.05, 3.63) is 56.7 Å². The molecule has 0 aliphatic rings. The standard InChI is InChI=1S/C13H12N2O3S/c1-2-8-3-5-9(6-4-8)15-11(16)10(12(17)18)7-14-13(15)19/h3-7H,2H2,1H3,(H,14,19)(H,17,18). The van der Waals surface area contributed by atoms with Crippen molar-refractivity contribution in [2.45, 2.75) is 13.3 Å². The number of hydrogen-bond donors (Lipinski definition) is 2. The van der Waals surface area contributed by atoms with Crippen molar-refractivity contribution in [2.24, 2.45) is 0 Å². The summed E-state index contributed by atoms with van der Waals surface area (Å²) in [6.45, 7) is 2.03. The van der Waals surface area contributed by atoms with Crippen LogP contribution in [0.25, 0.3) is 5.69 Å². The van der Waals surface area contributed by atoms with Gasteiger partial charge in [0, 0.05) is 6.20 Å². The molecule has 1 aromatic heterocycles. The molecule has 19 heavy (non-hydrogen) atoms. The fourth-order valence-electron chi connectivity index (χ4n) is 1.74. The van der Waals surface area contributed by atoms with E-state index in [4.69, 9.17) is 17.3 Å². The Labute approximate surface area is 114 Å². The molecule has 1 aromatic carbocycles. The molecule has 0 saturated heterocycles. The van der Waals surface area contributed by atoms with Crippen LogP contribution >= 0.6 is 12.2 Å². The number of carboxylic acid groups (broad SMARTS) is 1. The lowest BCUT2D eigenvalue weighted by atomic mass is 10.1. The molecular formula is C13H12N2O3S. The SMILES string of the molecule is CCc1ccc(-n2c(=S)[nH]cc(C(=O)O)c2=O)cc1. The molecule has 98 valence electrons. The minimum Gasteiger partial charge on any atom is -0.477 e. The highest BCUT2D eigenvalue weighted by atomic mass is 32.1. The minimum absolute atomic E-state index is 0.166. The zero-order valence-corrected chi connectivity index (χ0v) is 11.0. The molecule has 0 unspecified atom stereocenters. The average molecular weight is 276 g/mol. The van der Waals surface area contributed by atoms with E-state index >= 15 is 0 Å². The van der Waals surface area contributed by atoms with Gasteiger partial charge in [-0.2, -0.15) is 0 Å². The van der Waals surface area contributed by atoms with Crippen LogP contribution in [0.5, 0.6) is 0 Å². The highest BCUT2D eigenvalue weighted by Gasteiger charge is 2.13. The van der Waals surface area contributed by atoms with Crippen LogP contribution in [-0.4, -0.2) is 20.6 Å². The van der Waals surface area contributed by atoms with Crippen molar-refractivity contribution in [3.63, 3.8) is 0 Å². The van der Waals surface area contributed by atoms with Gasteiger partial charge in [-0.05, 0) is 36.3 Å². The number of aromatic amines is 1. The van der Waals surface area contributed by atoms with Crippen LogP contribution in [0.4, 0.5) is 0 Å². The zero-order chi connectivity index (χ0) is 14.0. The molecule has 0 amide bonds. The van der Waals surface area contributed by atoms with Crippen LogP contribution < -0.4 is 5.56 Å². The first-order valence-corrected chi connectivity index (χ1v) is 6.12. The normalized spacial score (nSPS) is 10.4. The highest BCUT2D eigenvalue weighted by Crippen LogP contribution is 2.09. The summed E-state index contributed by atoms with van der Waals surface area (Å²) < 4.78 is 1.34. The zero-order valence-electron chi connectivity index (χ0n) is 10.2. The van der Waals surface area contributed by atoms with Gasteiger partial charge in [-0.25, -0.2) is 4.79 Å². The summed E-state index contributed by atoms with van der Waals surface area (Å²) in [6.07, 6.45) is 2.00. The number of nitrogens with zero attached hydrogens (tertiary/aromatic N) is 1. The van der Waals surface area contributed by atoms with Crippen LogP contribution in [0, 0.1) is 4.77 Å². The van der Waals surface area contributed by atoms with Gasteiger partial charge in [-0.3, -0.25) is 9.36 Å². The topological polar surface area (TPSA) is 75.1 Å². The summed E-state index contributed by atoms with van der Waals surface area (Å²) in [4.78, 5) is 25.6. The average Bonchev–Trinajstić information content (AvgIpc) is 2.39. The first kappa shape index (κ1) is 13.2. The second kappa shape index (κ2) is 5.19. The van der Waals surface area contributed by atoms with E-state index in [0.29, 0.717) is 5.69 Å². The lowest BCUT2D eigenvalue weighted by Crippen LogP contribution is -2.26. The van der Waals surface area contributed by atoms with E-state index in [0.717, 1.165) is 18.2 Å². The Morgan fingerprint density at radius 3 is 2.53 bits per heavy atom. The third-order valence-corrected chi connectivity index (χ3v) is 3.11.